The maximum atomic E-state index is 2.41. The maximum Gasteiger partial charge on any atom is -0.0105 e. The van der Waals surface area contributed by atoms with Crippen molar-refractivity contribution in [2.24, 2.45) is 0 Å². The van der Waals surface area contributed by atoms with Gasteiger partial charge in [0.2, 0.25) is 0 Å². The van der Waals surface area contributed by atoms with E-state index in [2.05, 4.69) is 102 Å². The van der Waals surface area contributed by atoms with Crippen molar-refractivity contribution in [3.8, 4) is 0 Å². The number of benzene rings is 2. The SMILES string of the molecule is CC(C)(C)c1cc2c(c(C(C)(C)C)c1)C=C/C2=C\c1ccccc1. The zero-order valence-electron chi connectivity index (χ0n) is 15.8. The number of hydrogen-bond donors (Lipinski definition) is 0. The van der Waals surface area contributed by atoms with E-state index in [9.17, 15) is 0 Å². The third-order valence-electron chi connectivity index (χ3n) is 4.72. The van der Waals surface area contributed by atoms with Gasteiger partial charge in [-0.15, -0.1) is 0 Å². The van der Waals surface area contributed by atoms with Crippen LogP contribution in [-0.2, 0) is 10.8 Å². The summed E-state index contributed by atoms with van der Waals surface area (Å²) in [4.78, 5) is 0. The molecule has 0 amide bonds. The van der Waals surface area contributed by atoms with Gasteiger partial charge in [0.15, 0.2) is 0 Å². The Labute approximate surface area is 146 Å². The molecule has 0 heteroatoms. The number of hydrogen-bond acceptors (Lipinski definition) is 0. The minimum Gasteiger partial charge on any atom is -0.0622 e. The van der Waals surface area contributed by atoms with Crippen molar-refractivity contribution in [1.29, 1.82) is 0 Å². The molecule has 0 saturated heterocycles. The molecule has 0 heterocycles. The molecule has 1 aliphatic rings. The van der Waals surface area contributed by atoms with Gasteiger partial charge in [-0.2, -0.15) is 0 Å². The van der Waals surface area contributed by atoms with Crippen LogP contribution in [0.3, 0.4) is 0 Å². The minimum absolute atomic E-state index is 0.137. The highest BCUT2D eigenvalue weighted by Crippen LogP contribution is 2.41. The first kappa shape index (κ1) is 16.8. The first-order valence-corrected chi connectivity index (χ1v) is 8.80. The monoisotopic (exact) mass is 316 g/mol. The van der Waals surface area contributed by atoms with E-state index in [4.69, 9.17) is 0 Å². The molecule has 124 valence electrons. The van der Waals surface area contributed by atoms with Crippen LogP contribution in [0.4, 0.5) is 0 Å². The Morgan fingerprint density at radius 2 is 1.42 bits per heavy atom. The van der Waals surface area contributed by atoms with E-state index in [1.54, 1.807) is 0 Å². The van der Waals surface area contributed by atoms with Crippen LogP contribution in [0.2, 0.25) is 0 Å². The van der Waals surface area contributed by atoms with Gasteiger partial charge in [-0.25, -0.2) is 0 Å². The van der Waals surface area contributed by atoms with Crippen LogP contribution in [-0.4, -0.2) is 0 Å². The zero-order chi connectivity index (χ0) is 17.5. The average molecular weight is 316 g/mol. The highest BCUT2D eigenvalue weighted by atomic mass is 14.3. The van der Waals surface area contributed by atoms with Crippen molar-refractivity contribution in [2.75, 3.05) is 0 Å². The molecule has 0 aliphatic heterocycles. The van der Waals surface area contributed by atoms with Crippen molar-refractivity contribution < 1.29 is 0 Å². The molecule has 0 atom stereocenters. The summed E-state index contributed by atoms with van der Waals surface area (Å²) in [5.41, 5.74) is 8.46. The van der Waals surface area contributed by atoms with Crippen LogP contribution < -0.4 is 0 Å². The lowest BCUT2D eigenvalue weighted by atomic mass is 9.77. The molecule has 1 aliphatic carbocycles. The van der Waals surface area contributed by atoms with E-state index in [-0.39, 0.29) is 10.8 Å². The third-order valence-corrected chi connectivity index (χ3v) is 4.72. The van der Waals surface area contributed by atoms with E-state index < -0.39 is 0 Å². The normalized spacial score (nSPS) is 15.8. The molecular formula is C24H28. The maximum absolute atomic E-state index is 2.41. The van der Waals surface area contributed by atoms with Crippen LogP contribution in [0.5, 0.6) is 0 Å². The van der Waals surface area contributed by atoms with E-state index in [0.29, 0.717) is 0 Å². The van der Waals surface area contributed by atoms with Gasteiger partial charge in [0.05, 0.1) is 0 Å². The molecule has 0 saturated carbocycles. The Bertz CT molecular complexity index is 804. The molecule has 0 aromatic heterocycles. The van der Waals surface area contributed by atoms with E-state index in [1.807, 2.05) is 0 Å². The van der Waals surface area contributed by atoms with Gasteiger partial charge in [0.25, 0.3) is 0 Å². The second kappa shape index (κ2) is 5.77. The predicted octanol–water partition coefficient (Wildman–Crippen LogP) is 6.85. The highest BCUT2D eigenvalue weighted by molar-refractivity contribution is 5.98. The standard InChI is InChI=1S/C24H28/c1-23(2,3)19-15-21-18(14-17-10-8-7-9-11-17)12-13-20(21)22(16-19)24(4,5)6/h7-16H,1-6H3/b18-14+. The number of fused-ring (bicyclic) bond motifs is 1. The fourth-order valence-electron chi connectivity index (χ4n) is 3.24. The van der Waals surface area contributed by atoms with Crippen LogP contribution in [0.15, 0.2) is 48.5 Å². The summed E-state index contributed by atoms with van der Waals surface area (Å²) < 4.78 is 0. The van der Waals surface area contributed by atoms with Gasteiger partial charge < -0.3 is 0 Å². The van der Waals surface area contributed by atoms with Gasteiger partial charge in [-0.1, -0.05) is 96.2 Å². The molecule has 0 radical (unpaired) electrons. The molecule has 0 bridgehead atoms. The topological polar surface area (TPSA) is 0 Å². The number of rotatable bonds is 1. The summed E-state index contributed by atoms with van der Waals surface area (Å²) in [6.07, 6.45) is 6.84. The summed E-state index contributed by atoms with van der Waals surface area (Å²) in [5, 5.41) is 0. The Kier molecular flexibility index (Phi) is 4.03. The van der Waals surface area contributed by atoms with E-state index in [1.165, 1.54) is 33.4 Å². The first-order chi connectivity index (χ1) is 11.2. The molecule has 0 fully saturated rings. The average Bonchev–Trinajstić information content (AvgIpc) is 2.88. The third kappa shape index (κ3) is 3.24. The summed E-state index contributed by atoms with van der Waals surface area (Å²) in [6, 6.07) is 15.4. The van der Waals surface area contributed by atoms with E-state index >= 15 is 0 Å². The highest BCUT2D eigenvalue weighted by Gasteiger charge is 2.26. The Balaban J connectivity index is 2.20. The van der Waals surface area contributed by atoms with Gasteiger partial charge >= 0.3 is 0 Å². The molecular weight excluding hydrogens is 288 g/mol. The smallest absolute Gasteiger partial charge is 0.0105 e. The molecule has 0 nitrogen and oxygen atoms in total. The second-order valence-corrected chi connectivity index (χ2v) is 8.83. The fraction of sp³-hybridized carbons (Fsp3) is 0.333. The van der Waals surface area contributed by atoms with Crippen LogP contribution in [0.25, 0.3) is 17.7 Å². The lowest BCUT2D eigenvalue weighted by Gasteiger charge is -2.28. The number of allylic oxidation sites excluding steroid dienone is 2. The lowest BCUT2D eigenvalue weighted by molar-refractivity contribution is 0.567. The second-order valence-electron chi connectivity index (χ2n) is 8.83. The molecule has 2 aromatic rings. The van der Waals surface area contributed by atoms with Crippen LogP contribution >= 0.6 is 0 Å². The quantitative estimate of drug-likeness (QED) is 0.539. The lowest BCUT2D eigenvalue weighted by Crippen LogP contribution is -2.18. The van der Waals surface area contributed by atoms with Gasteiger partial charge in [0.1, 0.15) is 0 Å². The summed E-state index contributed by atoms with van der Waals surface area (Å²) in [5.74, 6) is 0. The first-order valence-electron chi connectivity index (χ1n) is 8.80. The van der Waals surface area contributed by atoms with Crippen molar-refractivity contribution in [3.63, 3.8) is 0 Å². The molecule has 2 aromatic carbocycles. The molecule has 0 N–H and O–H groups in total. The van der Waals surface area contributed by atoms with E-state index in [0.717, 1.165) is 0 Å². The summed E-state index contributed by atoms with van der Waals surface area (Å²) in [6.45, 7) is 13.8. The van der Waals surface area contributed by atoms with Crippen molar-refractivity contribution in [2.45, 2.75) is 52.4 Å². The Morgan fingerprint density at radius 1 is 0.750 bits per heavy atom. The molecule has 3 rings (SSSR count). The fourth-order valence-corrected chi connectivity index (χ4v) is 3.24. The van der Waals surface area contributed by atoms with Crippen molar-refractivity contribution in [1.82, 2.24) is 0 Å². The van der Waals surface area contributed by atoms with Gasteiger partial charge in [-0.05, 0) is 50.3 Å². The van der Waals surface area contributed by atoms with Crippen LogP contribution in [0, 0.1) is 0 Å². The molecule has 0 unspecified atom stereocenters. The molecule has 24 heavy (non-hydrogen) atoms. The largest absolute Gasteiger partial charge is 0.0622 e. The minimum atomic E-state index is 0.137. The van der Waals surface area contributed by atoms with Crippen molar-refractivity contribution >= 4 is 17.7 Å². The van der Waals surface area contributed by atoms with Crippen LogP contribution in [0.1, 0.15) is 69.4 Å². The summed E-state index contributed by atoms with van der Waals surface area (Å²) in [7, 11) is 0. The Hall–Kier alpha value is -2.08. The predicted molar refractivity (Wildman–Crippen MR) is 107 cm³/mol. The van der Waals surface area contributed by atoms with Gasteiger partial charge in [0, 0.05) is 0 Å². The zero-order valence-corrected chi connectivity index (χ0v) is 15.8. The molecule has 0 spiro atoms. The van der Waals surface area contributed by atoms with Gasteiger partial charge in [-0.3, -0.25) is 0 Å². The Morgan fingerprint density at radius 3 is 2.00 bits per heavy atom. The summed E-state index contributed by atoms with van der Waals surface area (Å²) >= 11 is 0. The van der Waals surface area contributed by atoms with Crippen molar-refractivity contribution in [3.05, 3.63) is 76.4 Å².